The zero-order valence-electron chi connectivity index (χ0n) is 15.5. The van der Waals surface area contributed by atoms with E-state index in [-0.39, 0.29) is 12.2 Å². The first kappa shape index (κ1) is 26.1. The van der Waals surface area contributed by atoms with Gasteiger partial charge in [-0.25, -0.2) is 0 Å². The summed E-state index contributed by atoms with van der Waals surface area (Å²) in [4.78, 5) is 0. The van der Waals surface area contributed by atoms with Gasteiger partial charge in [0.05, 0.1) is 12.2 Å². The number of unbranched alkanes of at least 4 members (excludes halogenated alkanes) is 2. The van der Waals surface area contributed by atoms with Crippen LogP contribution < -0.4 is 0 Å². The second-order valence-corrected chi connectivity index (χ2v) is 11.7. The molecule has 0 saturated carbocycles. The highest BCUT2D eigenvalue weighted by atomic mass is 33.1. The van der Waals surface area contributed by atoms with Gasteiger partial charge in [0.1, 0.15) is 0 Å². The first-order valence-electron chi connectivity index (χ1n) is 8.49. The second-order valence-electron chi connectivity index (χ2n) is 5.67. The maximum absolute atomic E-state index is 5.66. The zero-order valence-corrected chi connectivity index (χ0v) is 20.4. The number of thiocarbonyl (C=S) groups is 2. The molecule has 0 N–H and O–H groups in total. The van der Waals surface area contributed by atoms with Gasteiger partial charge in [0, 0.05) is 24.7 Å². The topological polar surface area (TPSA) is 27.7 Å². The third-order valence-electron chi connectivity index (χ3n) is 2.45. The minimum Gasteiger partial charge on any atom is -0.475 e. The Hall–Kier alpha value is 1.14. The van der Waals surface area contributed by atoms with Crippen molar-refractivity contribution in [1.82, 2.24) is 0 Å². The smallest absolute Gasteiger partial charge is 0.231 e. The van der Waals surface area contributed by atoms with E-state index in [0.29, 0.717) is 8.77 Å². The van der Waals surface area contributed by atoms with Crippen LogP contribution in [0.15, 0.2) is 0 Å². The lowest BCUT2D eigenvalue weighted by Crippen LogP contribution is -2.05. The van der Waals surface area contributed by atoms with Crippen LogP contribution in [0.4, 0.5) is 0 Å². The van der Waals surface area contributed by atoms with Crippen LogP contribution in [-0.4, -0.2) is 45.7 Å². The predicted molar refractivity (Wildman–Crippen MR) is 127 cm³/mol. The lowest BCUT2D eigenvalue weighted by atomic mass is 10.3. The summed E-state index contributed by atoms with van der Waals surface area (Å²) in [6.45, 7) is 9.63. The van der Waals surface area contributed by atoms with Gasteiger partial charge in [0.25, 0.3) is 0 Å². The molecule has 9 heteroatoms. The van der Waals surface area contributed by atoms with Crippen molar-refractivity contribution >= 4 is 76.4 Å². The van der Waals surface area contributed by atoms with Crippen molar-refractivity contribution in [3.05, 3.63) is 0 Å². The fourth-order valence-corrected chi connectivity index (χ4v) is 6.17. The molecule has 0 fully saturated rings. The highest BCUT2D eigenvalue weighted by Gasteiger charge is 2.03. The van der Waals surface area contributed by atoms with Crippen molar-refractivity contribution in [2.75, 3.05) is 24.7 Å². The molecule has 0 heterocycles. The van der Waals surface area contributed by atoms with Crippen LogP contribution in [0.2, 0.25) is 0 Å². The van der Waals surface area contributed by atoms with Crippen LogP contribution in [-0.2, 0) is 14.2 Å². The molecule has 0 aliphatic carbocycles. The van der Waals surface area contributed by atoms with Gasteiger partial charge in [-0.15, -0.1) is 0 Å². The molecule has 0 aromatic carbocycles. The zero-order chi connectivity index (χ0) is 18.9. The molecule has 0 saturated heterocycles. The van der Waals surface area contributed by atoms with Gasteiger partial charge >= 0.3 is 0 Å². The molecule has 0 aromatic rings. The number of rotatable bonds is 14. The normalized spacial score (nSPS) is 11.1. The molecule has 0 unspecified atom stereocenters. The van der Waals surface area contributed by atoms with Crippen molar-refractivity contribution in [2.45, 2.75) is 65.6 Å². The maximum atomic E-state index is 5.66. The average molecular weight is 463 g/mol. The van der Waals surface area contributed by atoms with Crippen LogP contribution >= 0.6 is 67.6 Å². The minimum absolute atomic E-state index is 0.163. The monoisotopic (exact) mass is 462 g/mol. The van der Waals surface area contributed by atoms with Gasteiger partial charge in [-0.1, -0.05) is 21.6 Å². The molecule has 148 valence electrons. The Kier molecular flexibility index (Phi) is 19.3. The first-order chi connectivity index (χ1) is 11.9. The van der Waals surface area contributed by atoms with E-state index in [9.17, 15) is 0 Å². The molecule has 0 aliphatic heterocycles. The quantitative estimate of drug-likeness (QED) is 0.158. The summed E-state index contributed by atoms with van der Waals surface area (Å²) in [5, 5.41) is 0. The molecule has 0 bridgehead atoms. The van der Waals surface area contributed by atoms with Crippen molar-refractivity contribution in [3.63, 3.8) is 0 Å². The van der Waals surface area contributed by atoms with E-state index in [4.69, 9.17) is 38.6 Å². The molecule has 25 heavy (non-hydrogen) atoms. The van der Waals surface area contributed by atoms with Crippen LogP contribution in [0.25, 0.3) is 0 Å². The Morgan fingerprint density at radius 3 is 1.48 bits per heavy atom. The minimum atomic E-state index is 0.163. The van der Waals surface area contributed by atoms with Crippen molar-refractivity contribution in [1.29, 1.82) is 0 Å². The molecular formula is C16H30O3S6. The third kappa shape index (κ3) is 21.3. The Labute approximate surface area is 180 Å². The molecular weight excluding hydrogens is 433 g/mol. The van der Waals surface area contributed by atoms with E-state index in [1.165, 1.54) is 0 Å². The van der Waals surface area contributed by atoms with Gasteiger partial charge < -0.3 is 14.2 Å². The number of ether oxygens (including phenoxy) is 3. The Balaban J connectivity index is 3.19. The van der Waals surface area contributed by atoms with Crippen molar-refractivity contribution < 1.29 is 14.2 Å². The van der Waals surface area contributed by atoms with Crippen LogP contribution in [0.3, 0.4) is 0 Å². The van der Waals surface area contributed by atoms with E-state index in [2.05, 4.69) is 0 Å². The summed E-state index contributed by atoms with van der Waals surface area (Å²) in [6, 6.07) is 0. The fraction of sp³-hybridized carbons (Fsp3) is 0.875. The predicted octanol–water partition coefficient (Wildman–Crippen LogP) is 6.75. The number of hydrogen-bond donors (Lipinski definition) is 0. The van der Waals surface area contributed by atoms with E-state index in [1.54, 1.807) is 43.2 Å². The fourth-order valence-electron chi connectivity index (χ4n) is 1.44. The molecule has 0 aliphatic rings. The summed E-state index contributed by atoms with van der Waals surface area (Å²) < 4.78 is 17.7. The van der Waals surface area contributed by atoms with Crippen molar-refractivity contribution in [2.24, 2.45) is 0 Å². The van der Waals surface area contributed by atoms with E-state index in [0.717, 1.165) is 50.4 Å². The van der Waals surface area contributed by atoms with Crippen LogP contribution in [0.1, 0.15) is 53.4 Å². The third-order valence-corrected chi connectivity index (χ3v) is 8.00. The van der Waals surface area contributed by atoms with Gasteiger partial charge in [0.2, 0.25) is 8.77 Å². The Morgan fingerprint density at radius 1 is 0.720 bits per heavy atom. The van der Waals surface area contributed by atoms with Crippen LogP contribution in [0, 0.1) is 0 Å². The summed E-state index contributed by atoms with van der Waals surface area (Å²) in [5.41, 5.74) is 0. The molecule has 0 aromatic heterocycles. The van der Waals surface area contributed by atoms with Crippen LogP contribution in [0.5, 0.6) is 0 Å². The summed E-state index contributed by atoms with van der Waals surface area (Å²) in [7, 11) is 6.62. The average Bonchev–Trinajstić information content (AvgIpc) is 2.50. The number of hydrogen-bond acceptors (Lipinski definition) is 9. The second kappa shape index (κ2) is 18.5. The van der Waals surface area contributed by atoms with Gasteiger partial charge in [-0.3, -0.25) is 0 Å². The van der Waals surface area contributed by atoms with Gasteiger partial charge in [-0.05, 0) is 99.4 Å². The highest BCUT2D eigenvalue weighted by molar-refractivity contribution is 8.83. The Bertz CT molecular complexity index is 321. The molecule has 0 amide bonds. The van der Waals surface area contributed by atoms with Crippen molar-refractivity contribution in [3.8, 4) is 0 Å². The summed E-state index contributed by atoms with van der Waals surface area (Å²) >= 11 is 10.2. The lowest BCUT2D eigenvalue weighted by molar-refractivity contribution is 0.129. The molecule has 0 atom stereocenters. The summed E-state index contributed by atoms with van der Waals surface area (Å²) in [5.74, 6) is 2.14. The first-order valence-corrected chi connectivity index (χ1v) is 13.9. The van der Waals surface area contributed by atoms with E-state index in [1.807, 2.05) is 27.7 Å². The van der Waals surface area contributed by atoms with E-state index >= 15 is 0 Å². The van der Waals surface area contributed by atoms with E-state index < -0.39 is 0 Å². The summed E-state index contributed by atoms with van der Waals surface area (Å²) in [6.07, 6.45) is 4.80. The SMILES string of the molecule is CC(C)OC(=S)SSCCCCOCCCCSSC(=S)OC(C)C. The molecule has 0 radical (unpaired) electrons. The maximum Gasteiger partial charge on any atom is 0.231 e. The lowest BCUT2D eigenvalue weighted by Gasteiger charge is -2.09. The molecule has 0 spiro atoms. The van der Waals surface area contributed by atoms with Gasteiger partial charge in [-0.2, -0.15) is 0 Å². The largest absolute Gasteiger partial charge is 0.475 e. The standard InChI is InChI=1S/C16H30O3S6/c1-13(2)18-15(20)24-22-11-7-5-9-17-10-6-8-12-23-25-16(21)19-14(3)4/h13-14H,5-12H2,1-4H3. The molecule has 0 rings (SSSR count). The highest BCUT2D eigenvalue weighted by Crippen LogP contribution is 2.26. The molecule has 3 nitrogen and oxygen atoms in total. The Morgan fingerprint density at radius 2 is 1.12 bits per heavy atom. The van der Waals surface area contributed by atoms with Gasteiger partial charge in [0.15, 0.2) is 0 Å².